The van der Waals surface area contributed by atoms with Gasteiger partial charge in [0.25, 0.3) is 0 Å². The molecule has 152 valence electrons. The molecule has 0 bridgehead atoms. The van der Waals surface area contributed by atoms with E-state index in [0.717, 1.165) is 28.2 Å². The lowest BCUT2D eigenvalue weighted by Crippen LogP contribution is -2.18. The van der Waals surface area contributed by atoms with E-state index in [1.807, 2.05) is 49.4 Å². The van der Waals surface area contributed by atoms with Crippen molar-refractivity contribution in [2.24, 2.45) is 0 Å². The molecule has 8 nitrogen and oxygen atoms in total. The number of nitrogens with zero attached hydrogens (tertiary/aromatic N) is 3. The number of anilines is 5. The molecule has 0 aliphatic carbocycles. The number of H-pyrrole nitrogens is 1. The number of amides is 1. The van der Waals surface area contributed by atoms with Gasteiger partial charge in [0, 0.05) is 29.7 Å². The Labute approximate surface area is 178 Å². The van der Waals surface area contributed by atoms with Gasteiger partial charge in [-0.05, 0) is 49.2 Å². The first kappa shape index (κ1) is 18.6. The summed E-state index contributed by atoms with van der Waals surface area (Å²) in [6.45, 7) is 2.03. The maximum atomic E-state index is 11.6. The summed E-state index contributed by atoms with van der Waals surface area (Å²) >= 11 is 0. The number of aryl methyl sites for hydroxylation is 2. The average Bonchev–Trinajstić information content (AvgIpc) is 3.19. The number of rotatable bonds is 4. The number of hydrogen-bond acceptors (Lipinski definition) is 6. The molecule has 3 heterocycles. The third-order valence-corrected chi connectivity index (χ3v) is 5.22. The van der Waals surface area contributed by atoms with Crippen molar-refractivity contribution in [2.75, 3.05) is 16.0 Å². The van der Waals surface area contributed by atoms with Crippen LogP contribution >= 0.6 is 0 Å². The number of hydrogen-bond donors (Lipinski definition) is 4. The highest BCUT2D eigenvalue weighted by molar-refractivity contribution is 5.96. The van der Waals surface area contributed by atoms with Gasteiger partial charge in [0.1, 0.15) is 17.5 Å². The van der Waals surface area contributed by atoms with E-state index in [-0.39, 0.29) is 5.91 Å². The third-order valence-electron chi connectivity index (χ3n) is 5.22. The lowest BCUT2D eigenvalue weighted by atomic mass is 10.0. The predicted molar refractivity (Wildman–Crippen MR) is 120 cm³/mol. The molecule has 4 aromatic rings. The zero-order valence-electron chi connectivity index (χ0n) is 16.8. The topological polar surface area (TPSA) is 119 Å². The Kier molecular flexibility index (Phi) is 4.49. The maximum Gasteiger partial charge on any atom is 0.231 e. The quantitative estimate of drug-likeness (QED) is 0.394. The Morgan fingerprint density at radius 3 is 2.65 bits per heavy atom. The second-order valence-corrected chi connectivity index (χ2v) is 7.47. The minimum atomic E-state index is 0.0360. The van der Waals surface area contributed by atoms with Crippen LogP contribution in [0, 0.1) is 18.3 Å². The van der Waals surface area contributed by atoms with Crippen LogP contribution in [0.4, 0.5) is 28.8 Å². The zero-order valence-corrected chi connectivity index (χ0v) is 16.8. The molecule has 0 saturated carbocycles. The molecule has 1 aliphatic rings. The minimum absolute atomic E-state index is 0.0360. The molecule has 4 N–H and O–H groups in total. The number of benzene rings is 2. The van der Waals surface area contributed by atoms with E-state index in [2.05, 4.69) is 37.0 Å². The van der Waals surface area contributed by atoms with Crippen LogP contribution in [0.25, 0.3) is 11.0 Å². The summed E-state index contributed by atoms with van der Waals surface area (Å²) < 4.78 is 0. The van der Waals surface area contributed by atoms with Crippen molar-refractivity contribution in [3.05, 3.63) is 65.4 Å². The number of nitriles is 1. The fraction of sp³-hybridized carbons (Fsp3) is 0.130. The summed E-state index contributed by atoms with van der Waals surface area (Å²) in [4.78, 5) is 23.8. The van der Waals surface area contributed by atoms with E-state index < -0.39 is 0 Å². The molecule has 0 atom stereocenters. The smallest absolute Gasteiger partial charge is 0.231 e. The van der Waals surface area contributed by atoms with Gasteiger partial charge >= 0.3 is 0 Å². The molecular formula is C23H19N7O. The molecular weight excluding hydrogens is 390 g/mol. The summed E-state index contributed by atoms with van der Waals surface area (Å²) in [7, 11) is 0. The highest BCUT2D eigenvalue weighted by atomic mass is 16.1. The first-order valence-corrected chi connectivity index (χ1v) is 9.92. The van der Waals surface area contributed by atoms with Crippen molar-refractivity contribution in [1.82, 2.24) is 15.0 Å². The maximum absolute atomic E-state index is 11.6. The number of carbonyl (C=O) groups is 1. The van der Waals surface area contributed by atoms with Gasteiger partial charge in [-0.2, -0.15) is 15.2 Å². The van der Waals surface area contributed by atoms with E-state index in [1.54, 1.807) is 6.20 Å². The van der Waals surface area contributed by atoms with Crippen molar-refractivity contribution in [3.63, 3.8) is 0 Å². The lowest BCUT2D eigenvalue weighted by Gasteiger charge is -2.18. The molecule has 2 aromatic carbocycles. The lowest BCUT2D eigenvalue weighted by molar-refractivity contribution is -0.116. The molecule has 1 amide bonds. The second kappa shape index (κ2) is 7.46. The fourth-order valence-electron chi connectivity index (χ4n) is 3.63. The van der Waals surface area contributed by atoms with E-state index in [4.69, 9.17) is 0 Å². The van der Waals surface area contributed by atoms with Crippen LogP contribution in [-0.4, -0.2) is 20.9 Å². The first-order valence-electron chi connectivity index (χ1n) is 9.92. The zero-order chi connectivity index (χ0) is 21.4. The highest BCUT2D eigenvalue weighted by Gasteiger charge is 2.17. The molecule has 31 heavy (non-hydrogen) atoms. The van der Waals surface area contributed by atoms with Gasteiger partial charge in [-0.3, -0.25) is 4.79 Å². The highest BCUT2D eigenvalue weighted by Crippen LogP contribution is 2.30. The average molecular weight is 409 g/mol. The summed E-state index contributed by atoms with van der Waals surface area (Å²) in [5.41, 5.74) is 5.78. The standard InChI is InChI=1S/C23H19N7O/c1-13-2-5-16(6-3-13)26-22-20-15(11-24)12-25-21(20)29-23(30-22)27-17-7-8-18-14(10-17)4-9-19(31)28-18/h2-3,5-8,10,12H,4,9H2,1H3,(H,28,31)(H3,25,26,27,29,30). The molecule has 8 heteroatoms. The minimum Gasteiger partial charge on any atom is -0.345 e. The van der Waals surface area contributed by atoms with Gasteiger partial charge < -0.3 is 20.9 Å². The molecule has 0 spiro atoms. The van der Waals surface area contributed by atoms with Gasteiger partial charge in [-0.15, -0.1) is 0 Å². The van der Waals surface area contributed by atoms with Crippen molar-refractivity contribution < 1.29 is 4.79 Å². The Hall–Kier alpha value is -4.38. The van der Waals surface area contributed by atoms with Crippen molar-refractivity contribution in [3.8, 4) is 6.07 Å². The summed E-state index contributed by atoms with van der Waals surface area (Å²) in [5, 5.41) is 19.6. The molecule has 0 radical (unpaired) electrons. The summed E-state index contributed by atoms with van der Waals surface area (Å²) in [5.74, 6) is 0.974. The second-order valence-electron chi connectivity index (χ2n) is 7.47. The predicted octanol–water partition coefficient (Wildman–Crippen LogP) is 4.51. The normalized spacial score (nSPS) is 12.7. The number of fused-ring (bicyclic) bond motifs is 2. The third kappa shape index (κ3) is 3.65. The SMILES string of the molecule is Cc1ccc(Nc2nc(Nc3ccc4c(c3)CCC(=O)N4)nc3[nH]cc(C#N)c23)cc1. The Bertz CT molecular complexity index is 1350. The van der Waals surface area contributed by atoms with E-state index in [1.165, 1.54) is 0 Å². The van der Waals surface area contributed by atoms with Crippen LogP contribution in [0.3, 0.4) is 0 Å². The van der Waals surface area contributed by atoms with Crippen LogP contribution in [0.1, 0.15) is 23.1 Å². The van der Waals surface area contributed by atoms with Crippen LogP contribution in [0.5, 0.6) is 0 Å². The number of carbonyl (C=O) groups excluding carboxylic acids is 1. The van der Waals surface area contributed by atoms with E-state index in [9.17, 15) is 10.1 Å². The Balaban J connectivity index is 1.51. The van der Waals surface area contributed by atoms with E-state index >= 15 is 0 Å². The van der Waals surface area contributed by atoms with Crippen LogP contribution in [-0.2, 0) is 11.2 Å². The summed E-state index contributed by atoms with van der Waals surface area (Å²) in [6.07, 6.45) is 2.80. The van der Waals surface area contributed by atoms with Crippen LogP contribution in [0.15, 0.2) is 48.7 Å². The Morgan fingerprint density at radius 1 is 1.03 bits per heavy atom. The number of aromatic nitrogens is 3. The molecule has 0 unspecified atom stereocenters. The van der Waals surface area contributed by atoms with Gasteiger partial charge in [0.15, 0.2) is 0 Å². The molecule has 1 aliphatic heterocycles. The molecule has 0 fully saturated rings. The van der Waals surface area contributed by atoms with Crippen LogP contribution < -0.4 is 16.0 Å². The van der Waals surface area contributed by atoms with Gasteiger partial charge in [-0.1, -0.05) is 17.7 Å². The monoisotopic (exact) mass is 409 g/mol. The molecule has 0 saturated heterocycles. The molecule has 5 rings (SSSR count). The van der Waals surface area contributed by atoms with Gasteiger partial charge in [0.05, 0.1) is 10.9 Å². The number of nitrogens with one attached hydrogen (secondary N) is 4. The van der Waals surface area contributed by atoms with Gasteiger partial charge in [0.2, 0.25) is 11.9 Å². The van der Waals surface area contributed by atoms with Crippen molar-refractivity contribution in [2.45, 2.75) is 19.8 Å². The van der Waals surface area contributed by atoms with E-state index in [0.29, 0.717) is 41.2 Å². The largest absolute Gasteiger partial charge is 0.345 e. The Morgan fingerprint density at radius 2 is 1.84 bits per heavy atom. The first-order chi connectivity index (χ1) is 15.1. The van der Waals surface area contributed by atoms with Gasteiger partial charge in [-0.25, -0.2) is 0 Å². The van der Waals surface area contributed by atoms with Crippen molar-refractivity contribution >= 4 is 45.8 Å². The fourth-order valence-corrected chi connectivity index (χ4v) is 3.63. The summed E-state index contributed by atoms with van der Waals surface area (Å²) in [6, 6.07) is 15.9. The number of aromatic amines is 1. The van der Waals surface area contributed by atoms with Crippen LogP contribution in [0.2, 0.25) is 0 Å². The van der Waals surface area contributed by atoms with Crippen molar-refractivity contribution in [1.29, 1.82) is 5.26 Å². The molecule has 2 aromatic heterocycles.